The van der Waals surface area contributed by atoms with E-state index in [0.717, 1.165) is 39.6 Å². The number of nitriles is 1. The molecular weight excluding hydrogens is 694 g/mol. The minimum atomic E-state index is -0.429. The number of hydrogen-bond acceptors (Lipinski definition) is 3. The third kappa shape index (κ3) is 6.33. The molecule has 0 unspecified atom stereocenters. The van der Waals surface area contributed by atoms with Crippen molar-refractivity contribution in [1.82, 2.24) is 0 Å². The van der Waals surface area contributed by atoms with Crippen LogP contribution >= 0.6 is 61.1 Å². The average molecular weight is 713 g/mol. The van der Waals surface area contributed by atoms with Crippen molar-refractivity contribution in [2.24, 2.45) is 0 Å². The molecule has 0 aliphatic carbocycles. The fourth-order valence-electron chi connectivity index (χ4n) is 2.93. The third-order valence-electron chi connectivity index (χ3n) is 4.85. The Morgan fingerprint density at radius 2 is 1.78 bits per heavy atom. The average Bonchev–Trinajstić information content (AvgIpc) is 2.76. The highest BCUT2D eigenvalue weighted by Crippen LogP contribution is 2.31. The molecule has 0 saturated heterocycles. The number of rotatable bonds is 6. The molecule has 0 heterocycles. The summed E-state index contributed by atoms with van der Waals surface area (Å²) in [5.74, 6) is 0.353. The maximum atomic E-state index is 12.7. The first-order chi connectivity index (χ1) is 15.3. The van der Waals surface area contributed by atoms with E-state index in [1.807, 2.05) is 74.5 Å². The number of nitrogens with one attached hydrogen (secondary N) is 1. The smallest absolute Gasteiger partial charge is 0.266 e. The van der Waals surface area contributed by atoms with Gasteiger partial charge >= 0.3 is 0 Å². The Kier molecular flexibility index (Phi) is 8.73. The van der Waals surface area contributed by atoms with Gasteiger partial charge in [-0.3, -0.25) is 4.79 Å². The molecule has 0 radical (unpaired) electrons. The van der Waals surface area contributed by atoms with Crippen LogP contribution in [0.5, 0.6) is 5.75 Å². The minimum absolute atomic E-state index is 0.0426. The van der Waals surface area contributed by atoms with Crippen LogP contribution in [-0.2, 0) is 11.4 Å². The number of ether oxygens (including phenoxy) is 1. The summed E-state index contributed by atoms with van der Waals surface area (Å²) in [5, 5.41) is 12.4. The highest BCUT2D eigenvalue weighted by molar-refractivity contribution is 14.1. The molecule has 3 aromatic carbocycles. The SMILES string of the molecule is Cc1cccc(NC(=O)/C(C#N)=C/c2cc(I)c(OCc3ccc(Br)cc3)c(I)c2)c1C. The molecular formula is C25H19BrI2N2O2. The topological polar surface area (TPSA) is 62.1 Å². The number of halogens is 3. The Hall–Kier alpha value is -1.90. The summed E-state index contributed by atoms with van der Waals surface area (Å²) in [5.41, 5.74) is 4.64. The van der Waals surface area contributed by atoms with Gasteiger partial charge in [-0.05, 0) is 118 Å². The van der Waals surface area contributed by atoms with Gasteiger partial charge in [0.15, 0.2) is 0 Å². The van der Waals surface area contributed by atoms with E-state index in [1.165, 1.54) is 0 Å². The van der Waals surface area contributed by atoms with Crippen molar-refractivity contribution >= 4 is 78.8 Å². The lowest BCUT2D eigenvalue weighted by atomic mass is 10.1. The highest BCUT2D eigenvalue weighted by Gasteiger charge is 2.14. The lowest BCUT2D eigenvalue weighted by Crippen LogP contribution is -2.14. The number of benzene rings is 3. The summed E-state index contributed by atoms with van der Waals surface area (Å²) in [6.45, 7) is 4.38. The first kappa shape index (κ1) is 24.7. The second kappa shape index (κ2) is 11.3. The Morgan fingerprint density at radius 1 is 1.12 bits per heavy atom. The zero-order chi connectivity index (χ0) is 23.3. The van der Waals surface area contributed by atoms with Crippen LogP contribution < -0.4 is 10.1 Å². The van der Waals surface area contributed by atoms with Crippen molar-refractivity contribution in [3.63, 3.8) is 0 Å². The van der Waals surface area contributed by atoms with Crippen molar-refractivity contribution in [2.45, 2.75) is 20.5 Å². The summed E-state index contributed by atoms with van der Waals surface area (Å²) in [4.78, 5) is 12.7. The van der Waals surface area contributed by atoms with Crippen molar-refractivity contribution in [3.8, 4) is 11.8 Å². The van der Waals surface area contributed by atoms with E-state index < -0.39 is 5.91 Å². The maximum absolute atomic E-state index is 12.7. The molecule has 0 fully saturated rings. The van der Waals surface area contributed by atoms with E-state index in [9.17, 15) is 10.1 Å². The number of amides is 1. The molecule has 4 nitrogen and oxygen atoms in total. The normalized spacial score (nSPS) is 11.1. The molecule has 32 heavy (non-hydrogen) atoms. The number of nitrogens with zero attached hydrogens (tertiary/aromatic N) is 1. The summed E-state index contributed by atoms with van der Waals surface area (Å²) in [6.07, 6.45) is 1.60. The fraction of sp³-hybridized carbons (Fsp3) is 0.120. The lowest BCUT2D eigenvalue weighted by molar-refractivity contribution is -0.112. The van der Waals surface area contributed by atoms with Crippen LogP contribution in [-0.4, -0.2) is 5.91 Å². The van der Waals surface area contributed by atoms with Crippen LogP contribution in [0.25, 0.3) is 6.08 Å². The predicted molar refractivity (Wildman–Crippen MR) is 148 cm³/mol. The molecule has 0 aliphatic heterocycles. The van der Waals surface area contributed by atoms with Crippen molar-refractivity contribution in [3.05, 3.63) is 94.0 Å². The molecule has 1 N–H and O–H groups in total. The van der Waals surface area contributed by atoms with E-state index in [-0.39, 0.29) is 5.57 Å². The summed E-state index contributed by atoms with van der Waals surface area (Å²) in [6, 6.07) is 19.5. The number of carbonyl (C=O) groups excluding carboxylic acids is 1. The van der Waals surface area contributed by atoms with E-state index in [1.54, 1.807) is 6.08 Å². The van der Waals surface area contributed by atoms with Gasteiger partial charge in [-0.1, -0.05) is 40.2 Å². The molecule has 3 aromatic rings. The lowest BCUT2D eigenvalue weighted by Gasteiger charge is -2.12. The van der Waals surface area contributed by atoms with Gasteiger partial charge in [0.25, 0.3) is 5.91 Å². The van der Waals surface area contributed by atoms with E-state index >= 15 is 0 Å². The molecule has 0 aliphatic rings. The Balaban J connectivity index is 1.78. The van der Waals surface area contributed by atoms with Crippen LogP contribution in [0.2, 0.25) is 0 Å². The zero-order valence-corrected chi connectivity index (χ0v) is 23.3. The van der Waals surface area contributed by atoms with Gasteiger partial charge in [0.05, 0.1) is 7.14 Å². The van der Waals surface area contributed by atoms with Gasteiger partial charge in [-0.25, -0.2) is 0 Å². The van der Waals surface area contributed by atoms with Gasteiger partial charge in [-0.15, -0.1) is 0 Å². The van der Waals surface area contributed by atoms with Gasteiger partial charge in [0.2, 0.25) is 0 Å². The molecule has 0 spiro atoms. The monoisotopic (exact) mass is 712 g/mol. The number of anilines is 1. The van der Waals surface area contributed by atoms with Crippen LogP contribution in [0.15, 0.2) is 64.6 Å². The molecule has 0 aromatic heterocycles. The molecule has 3 rings (SSSR count). The zero-order valence-electron chi connectivity index (χ0n) is 17.4. The fourth-order valence-corrected chi connectivity index (χ4v) is 5.32. The molecule has 0 atom stereocenters. The van der Waals surface area contributed by atoms with Gasteiger partial charge in [-0.2, -0.15) is 5.26 Å². The number of aryl methyl sites for hydroxylation is 1. The molecule has 0 saturated carbocycles. The van der Waals surface area contributed by atoms with Crippen LogP contribution in [0.3, 0.4) is 0 Å². The second-order valence-corrected chi connectivity index (χ2v) is 10.3. The van der Waals surface area contributed by atoms with E-state index in [4.69, 9.17) is 4.74 Å². The largest absolute Gasteiger partial charge is 0.487 e. The van der Waals surface area contributed by atoms with E-state index in [2.05, 4.69) is 66.4 Å². The van der Waals surface area contributed by atoms with Crippen LogP contribution in [0.4, 0.5) is 5.69 Å². The quantitative estimate of drug-likeness (QED) is 0.165. The van der Waals surface area contributed by atoms with Crippen molar-refractivity contribution < 1.29 is 9.53 Å². The van der Waals surface area contributed by atoms with Crippen LogP contribution in [0, 0.1) is 32.3 Å². The molecule has 162 valence electrons. The Morgan fingerprint density at radius 3 is 2.41 bits per heavy atom. The van der Waals surface area contributed by atoms with Gasteiger partial charge in [0, 0.05) is 10.2 Å². The summed E-state index contributed by atoms with van der Waals surface area (Å²) < 4.78 is 8.87. The third-order valence-corrected chi connectivity index (χ3v) is 6.98. The number of carbonyl (C=O) groups is 1. The molecule has 1 amide bonds. The van der Waals surface area contributed by atoms with Crippen molar-refractivity contribution in [1.29, 1.82) is 5.26 Å². The standard InChI is InChI=1S/C25H19BrI2N2O2/c1-15-4-3-5-23(16(15)2)30-25(31)19(13-29)10-18-11-21(27)24(22(28)12-18)32-14-17-6-8-20(26)9-7-17/h3-12H,14H2,1-2H3,(H,30,31)/b19-10+. The Labute approximate surface area is 223 Å². The predicted octanol–water partition coefficient (Wildman–Crippen LogP) is 7.40. The van der Waals surface area contributed by atoms with Crippen molar-refractivity contribution in [2.75, 3.05) is 5.32 Å². The Bertz CT molecular complexity index is 1210. The number of hydrogen-bond donors (Lipinski definition) is 1. The molecule has 7 heteroatoms. The second-order valence-electron chi connectivity index (χ2n) is 7.10. The van der Waals surface area contributed by atoms with Gasteiger partial charge < -0.3 is 10.1 Å². The first-order valence-corrected chi connectivity index (χ1v) is 12.6. The van der Waals surface area contributed by atoms with Gasteiger partial charge in [0.1, 0.15) is 24.0 Å². The minimum Gasteiger partial charge on any atom is -0.487 e. The summed E-state index contributed by atoms with van der Waals surface area (Å²) in [7, 11) is 0. The maximum Gasteiger partial charge on any atom is 0.266 e. The highest BCUT2D eigenvalue weighted by atomic mass is 127. The molecule has 0 bridgehead atoms. The summed E-state index contributed by atoms with van der Waals surface area (Å²) >= 11 is 7.86. The first-order valence-electron chi connectivity index (χ1n) is 9.64. The van der Waals surface area contributed by atoms with E-state index in [0.29, 0.717) is 12.3 Å². The van der Waals surface area contributed by atoms with Crippen LogP contribution in [0.1, 0.15) is 22.3 Å².